The third kappa shape index (κ3) is 3.77. The van der Waals surface area contributed by atoms with E-state index in [1.807, 2.05) is 109 Å². The van der Waals surface area contributed by atoms with Gasteiger partial charge >= 0.3 is 0 Å². The van der Waals surface area contributed by atoms with E-state index in [0.29, 0.717) is 23.4 Å². The van der Waals surface area contributed by atoms with E-state index in [9.17, 15) is 0 Å². The van der Waals surface area contributed by atoms with Crippen LogP contribution in [0.3, 0.4) is 0 Å². The average Bonchev–Trinajstić information content (AvgIpc) is 3.34. The highest BCUT2D eigenvalue weighted by atomic mass is 16.3. The SMILES string of the molecule is c1ccc(-c2nc(-c3ccccc3)nc(-c3cccc(-c4nc5ccccc5o4)c3)n2)cc1. The van der Waals surface area contributed by atoms with Crippen LogP contribution in [0.5, 0.6) is 0 Å². The van der Waals surface area contributed by atoms with Crippen molar-refractivity contribution in [3.05, 3.63) is 109 Å². The molecule has 0 bridgehead atoms. The molecule has 33 heavy (non-hydrogen) atoms. The third-order valence-corrected chi connectivity index (χ3v) is 5.36. The van der Waals surface area contributed by atoms with Crippen molar-refractivity contribution < 1.29 is 4.42 Å². The first-order valence-electron chi connectivity index (χ1n) is 10.7. The predicted octanol–water partition coefficient (Wildman–Crippen LogP) is 6.68. The molecule has 0 aliphatic carbocycles. The second-order valence-electron chi connectivity index (χ2n) is 7.61. The maximum Gasteiger partial charge on any atom is 0.227 e. The molecule has 4 aromatic carbocycles. The van der Waals surface area contributed by atoms with Crippen molar-refractivity contribution in [3.8, 4) is 45.6 Å². The van der Waals surface area contributed by atoms with Crippen molar-refractivity contribution in [2.24, 2.45) is 0 Å². The van der Waals surface area contributed by atoms with Crippen LogP contribution in [0.4, 0.5) is 0 Å². The lowest BCUT2D eigenvalue weighted by atomic mass is 10.1. The van der Waals surface area contributed by atoms with Crippen LogP contribution in [0.15, 0.2) is 114 Å². The molecule has 0 atom stereocenters. The number of aromatic nitrogens is 4. The minimum absolute atomic E-state index is 0.568. The van der Waals surface area contributed by atoms with Gasteiger partial charge in [0.2, 0.25) is 5.89 Å². The van der Waals surface area contributed by atoms with Crippen molar-refractivity contribution in [1.82, 2.24) is 19.9 Å². The van der Waals surface area contributed by atoms with Crippen LogP contribution in [0.25, 0.3) is 56.7 Å². The molecular formula is C28H18N4O. The molecule has 5 heteroatoms. The molecule has 0 aliphatic heterocycles. The van der Waals surface area contributed by atoms with Crippen LogP contribution in [0.1, 0.15) is 0 Å². The van der Waals surface area contributed by atoms with E-state index in [-0.39, 0.29) is 0 Å². The smallest absolute Gasteiger partial charge is 0.227 e. The summed E-state index contributed by atoms with van der Waals surface area (Å²) >= 11 is 0. The Bertz CT molecular complexity index is 1470. The van der Waals surface area contributed by atoms with Crippen LogP contribution in [0, 0.1) is 0 Å². The topological polar surface area (TPSA) is 64.7 Å². The molecule has 0 unspecified atom stereocenters. The van der Waals surface area contributed by atoms with Gasteiger partial charge in [-0.1, -0.05) is 84.9 Å². The van der Waals surface area contributed by atoms with Gasteiger partial charge in [0.15, 0.2) is 23.1 Å². The van der Waals surface area contributed by atoms with Crippen molar-refractivity contribution in [3.63, 3.8) is 0 Å². The van der Waals surface area contributed by atoms with Crippen LogP contribution in [0.2, 0.25) is 0 Å². The van der Waals surface area contributed by atoms with Crippen LogP contribution in [-0.2, 0) is 0 Å². The molecule has 156 valence electrons. The summed E-state index contributed by atoms with van der Waals surface area (Å²) in [6.45, 7) is 0. The summed E-state index contributed by atoms with van der Waals surface area (Å²) in [4.78, 5) is 19.0. The van der Waals surface area contributed by atoms with Gasteiger partial charge in [0.1, 0.15) is 5.52 Å². The largest absolute Gasteiger partial charge is 0.436 e. The van der Waals surface area contributed by atoms with E-state index in [1.54, 1.807) is 0 Å². The van der Waals surface area contributed by atoms with E-state index >= 15 is 0 Å². The molecule has 0 radical (unpaired) electrons. The van der Waals surface area contributed by atoms with Crippen LogP contribution < -0.4 is 0 Å². The molecule has 2 heterocycles. The van der Waals surface area contributed by atoms with Crippen LogP contribution >= 0.6 is 0 Å². The Kier molecular flexibility index (Phi) is 4.70. The van der Waals surface area contributed by atoms with Crippen molar-refractivity contribution in [2.75, 3.05) is 0 Å². The fourth-order valence-electron chi connectivity index (χ4n) is 3.72. The lowest BCUT2D eigenvalue weighted by Crippen LogP contribution is -2.00. The molecule has 0 N–H and O–H groups in total. The minimum Gasteiger partial charge on any atom is -0.436 e. The van der Waals surface area contributed by atoms with Gasteiger partial charge in [0, 0.05) is 22.3 Å². The molecule has 2 aromatic heterocycles. The second kappa shape index (κ2) is 8.13. The summed E-state index contributed by atoms with van der Waals surface area (Å²) in [5.74, 6) is 2.43. The van der Waals surface area contributed by atoms with Crippen LogP contribution in [-0.4, -0.2) is 19.9 Å². The highest BCUT2D eigenvalue weighted by molar-refractivity contribution is 5.77. The third-order valence-electron chi connectivity index (χ3n) is 5.36. The fraction of sp³-hybridized carbons (Fsp3) is 0. The van der Waals surface area contributed by atoms with Gasteiger partial charge in [-0.15, -0.1) is 0 Å². The van der Waals surface area contributed by atoms with Crippen molar-refractivity contribution in [1.29, 1.82) is 0 Å². The monoisotopic (exact) mass is 426 g/mol. The Morgan fingerprint density at radius 2 is 0.939 bits per heavy atom. The maximum absolute atomic E-state index is 5.97. The average molecular weight is 426 g/mol. The van der Waals surface area contributed by atoms with E-state index < -0.39 is 0 Å². The quantitative estimate of drug-likeness (QED) is 0.314. The predicted molar refractivity (Wildman–Crippen MR) is 129 cm³/mol. The first-order valence-corrected chi connectivity index (χ1v) is 10.7. The molecule has 0 saturated heterocycles. The van der Waals surface area contributed by atoms with Crippen molar-refractivity contribution >= 4 is 11.1 Å². The van der Waals surface area contributed by atoms with E-state index in [2.05, 4.69) is 4.98 Å². The summed E-state index contributed by atoms with van der Waals surface area (Å²) in [6.07, 6.45) is 0. The Labute approximate surface area is 190 Å². The number of para-hydroxylation sites is 2. The molecule has 0 saturated carbocycles. The summed E-state index contributed by atoms with van der Waals surface area (Å²) in [5, 5.41) is 0. The first kappa shape index (κ1) is 19.1. The van der Waals surface area contributed by atoms with Gasteiger partial charge < -0.3 is 4.42 Å². The van der Waals surface area contributed by atoms with Gasteiger partial charge in [0.25, 0.3) is 0 Å². The fourth-order valence-corrected chi connectivity index (χ4v) is 3.72. The number of nitrogens with zero attached hydrogens (tertiary/aromatic N) is 4. The van der Waals surface area contributed by atoms with Gasteiger partial charge in [-0.2, -0.15) is 0 Å². The molecule has 0 spiro atoms. The van der Waals surface area contributed by atoms with E-state index in [1.165, 1.54) is 0 Å². The number of fused-ring (bicyclic) bond motifs is 1. The lowest BCUT2D eigenvalue weighted by Gasteiger charge is -2.08. The molecule has 0 amide bonds. The molecule has 6 aromatic rings. The normalized spacial score (nSPS) is 11.0. The number of hydrogen-bond acceptors (Lipinski definition) is 5. The van der Waals surface area contributed by atoms with E-state index in [0.717, 1.165) is 33.4 Å². The Morgan fingerprint density at radius 3 is 1.58 bits per heavy atom. The standard InChI is InChI=1S/C28H18N4O/c1-3-10-19(11-4-1)25-30-26(20-12-5-2-6-13-20)32-27(31-25)21-14-9-15-22(18-21)28-29-23-16-7-8-17-24(23)33-28/h1-18H. The number of oxazole rings is 1. The molecular weight excluding hydrogens is 408 g/mol. The summed E-state index contributed by atoms with van der Waals surface area (Å²) < 4.78 is 5.97. The summed E-state index contributed by atoms with van der Waals surface area (Å²) in [5.41, 5.74) is 5.20. The zero-order valence-electron chi connectivity index (χ0n) is 17.6. The Balaban J connectivity index is 1.49. The minimum atomic E-state index is 0.568. The van der Waals surface area contributed by atoms with Gasteiger partial charge in [-0.3, -0.25) is 0 Å². The lowest BCUT2D eigenvalue weighted by molar-refractivity contribution is 0.620. The molecule has 0 fully saturated rings. The Morgan fingerprint density at radius 1 is 0.424 bits per heavy atom. The van der Waals surface area contributed by atoms with Gasteiger partial charge in [0.05, 0.1) is 0 Å². The van der Waals surface area contributed by atoms with E-state index in [4.69, 9.17) is 19.4 Å². The first-order chi connectivity index (χ1) is 16.3. The van der Waals surface area contributed by atoms with Gasteiger partial charge in [-0.05, 0) is 24.3 Å². The molecule has 6 rings (SSSR count). The second-order valence-corrected chi connectivity index (χ2v) is 7.61. The Hall–Kier alpha value is -4.64. The van der Waals surface area contributed by atoms with Gasteiger partial charge in [-0.25, -0.2) is 19.9 Å². The highest BCUT2D eigenvalue weighted by Gasteiger charge is 2.14. The number of rotatable bonds is 4. The summed E-state index contributed by atoms with van der Waals surface area (Å²) in [7, 11) is 0. The zero-order valence-corrected chi connectivity index (χ0v) is 17.6. The summed E-state index contributed by atoms with van der Waals surface area (Å²) in [6, 6.07) is 35.6. The molecule has 0 aliphatic rings. The maximum atomic E-state index is 5.97. The zero-order chi connectivity index (χ0) is 22.0. The van der Waals surface area contributed by atoms with Crippen molar-refractivity contribution in [2.45, 2.75) is 0 Å². The number of hydrogen-bond donors (Lipinski definition) is 0. The molecule has 5 nitrogen and oxygen atoms in total. The highest BCUT2D eigenvalue weighted by Crippen LogP contribution is 2.29. The number of benzene rings is 4.